The highest BCUT2D eigenvalue weighted by molar-refractivity contribution is 5.80. The number of nitrogens with zero attached hydrogens (tertiary/aromatic N) is 2. The zero-order valence-electron chi connectivity index (χ0n) is 14.6. The second-order valence-electron chi connectivity index (χ2n) is 7.66. The van der Waals surface area contributed by atoms with Gasteiger partial charge in [-0.05, 0) is 37.2 Å². The number of hydrogen-bond donors (Lipinski definition) is 0. The van der Waals surface area contributed by atoms with Crippen molar-refractivity contribution in [2.75, 3.05) is 19.6 Å². The third-order valence-electron chi connectivity index (χ3n) is 5.92. The van der Waals surface area contributed by atoms with Gasteiger partial charge in [-0.3, -0.25) is 4.79 Å². The van der Waals surface area contributed by atoms with E-state index in [0.29, 0.717) is 31.5 Å². The maximum Gasteiger partial charge on any atom is 0.410 e. The molecule has 5 heteroatoms. The number of carbonyl (C=O) groups excluding carboxylic acids is 2. The third-order valence-corrected chi connectivity index (χ3v) is 5.92. The molecule has 1 aliphatic carbocycles. The van der Waals surface area contributed by atoms with Crippen molar-refractivity contribution in [2.24, 2.45) is 11.8 Å². The molecule has 3 heterocycles. The molecule has 2 bridgehead atoms. The summed E-state index contributed by atoms with van der Waals surface area (Å²) in [5.74, 6) is 0.922. The standard InChI is InChI=1S/C20H26N2O3/c23-19(17-7-4-8-17)21-11-16-9-10-18(13-21)22(12-16)20(24)25-14-15-5-2-1-3-6-15/h1-3,5-6,16-18H,4,7-14H2/t16-,18+/m0/s1. The Bertz CT molecular complexity index is 629. The van der Waals surface area contributed by atoms with E-state index in [-0.39, 0.29) is 18.1 Å². The Hall–Kier alpha value is -2.04. The van der Waals surface area contributed by atoms with E-state index in [2.05, 4.69) is 0 Å². The number of fused-ring (bicyclic) bond motifs is 4. The Kier molecular flexibility index (Phi) is 4.64. The van der Waals surface area contributed by atoms with Crippen LogP contribution in [0.15, 0.2) is 30.3 Å². The van der Waals surface area contributed by atoms with E-state index in [1.54, 1.807) is 0 Å². The molecule has 0 N–H and O–H groups in total. The van der Waals surface area contributed by atoms with Crippen molar-refractivity contribution in [3.05, 3.63) is 35.9 Å². The molecule has 2 atom stereocenters. The van der Waals surface area contributed by atoms with Crippen LogP contribution in [0.25, 0.3) is 0 Å². The first-order valence-corrected chi connectivity index (χ1v) is 9.47. The molecule has 4 fully saturated rings. The topological polar surface area (TPSA) is 49.9 Å². The number of piperidine rings is 1. The lowest BCUT2D eigenvalue weighted by atomic mass is 9.84. The summed E-state index contributed by atoms with van der Waals surface area (Å²) in [4.78, 5) is 29.1. The van der Waals surface area contributed by atoms with Crippen LogP contribution in [0.2, 0.25) is 0 Å². The minimum Gasteiger partial charge on any atom is -0.445 e. The van der Waals surface area contributed by atoms with Gasteiger partial charge in [-0.2, -0.15) is 0 Å². The molecule has 1 aromatic rings. The third kappa shape index (κ3) is 3.51. The Morgan fingerprint density at radius 3 is 2.52 bits per heavy atom. The Balaban J connectivity index is 1.38. The summed E-state index contributed by atoms with van der Waals surface area (Å²) < 4.78 is 5.53. The van der Waals surface area contributed by atoms with Crippen molar-refractivity contribution >= 4 is 12.0 Å². The second kappa shape index (κ2) is 7.06. The predicted octanol–water partition coefficient (Wildman–Crippen LogP) is 3.05. The Morgan fingerprint density at radius 1 is 1.00 bits per heavy atom. The molecule has 134 valence electrons. The van der Waals surface area contributed by atoms with Gasteiger partial charge in [0.1, 0.15) is 6.61 Å². The van der Waals surface area contributed by atoms with Crippen LogP contribution in [0.5, 0.6) is 0 Å². The van der Waals surface area contributed by atoms with Crippen LogP contribution in [-0.2, 0) is 16.1 Å². The largest absolute Gasteiger partial charge is 0.445 e. The van der Waals surface area contributed by atoms with Crippen LogP contribution >= 0.6 is 0 Å². The lowest BCUT2D eigenvalue weighted by Crippen LogP contribution is -2.48. The molecule has 3 saturated heterocycles. The number of amides is 2. The molecule has 5 rings (SSSR count). The number of carbonyl (C=O) groups is 2. The molecular weight excluding hydrogens is 316 g/mol. The predicted molar refractivity (Wildman–Crippen MR) is 93.8 cm³/mol. The number of ether oxygens (including phenoxy) is 1. The van der Waals surface area contributed by atoms with Crippen LogP contribution < -0.4 is 0 Å². The summed E-state index contributed by atoms with van der Waals surface area (Å²) in [6.45, 7) is 2.49. The molecule has 0 spiro atoms. The average Bonchev–Trinajstić information content (AvgIpc) is 2.91. The first kappa shape index (κ1) is 16.4. The molecule has 3 aliphatic heterocycles. The zero-order chi connectivity index (χ0) is 17.2. The molecule has 0 radical (unpaired) electrons. The van der Waals surface area contributed by atoms with Crippen LogP contribution in [-0.4, -0.2) is 47.5 Å². The molecule has 1 aromatic carbocycles. The molecule has 1 saturated carbocycles. The minimum atomic E-state index is -0.239. The molecule has 0 unspecified atom stereocenters. The van der Waals surface area contributed by atoms with Gasteiger partial charge < -0.3 is 14.5 Å². The average molecular weight is 342 g/mol. The molecular formula is C20H26N2O3. The highest BCUT2D eigenvalue weighted by Crippen LogP contribution is 2.33. The van der Waals surface area contributed by atoms with E-state index in [4.69, 9.17) is 4.74 Å². The maximum absolute atomic E-state index is 12.6. The summed E-state index contributed by atoms with van der Waals surface area (Å²) >= 11 is 0. The van der Waals surface area contributed by atoms with Crippen molar-refractivity contribution in [3.8, 4) is 0 Å². The highest BCUT2D eigenvalue weighted by atomic mass is 16.6. The summed E-state index contributed by atoms with van der Waals surface area (Å²) in [7, 11) is 0. The van der Waals surface area contributed by atoms with Gasteiger partial charge in [0.2, 0.25) is 5.91 Å². The van der Waals surface area contributed by atoms with Gasteiger partial charge in [0.15, 0.2) is 0 Å². The molecule has 2 amide bonds. The van der Waals surface area contributed by atoms with Crippen molar-refractivity contribution in [1.29, 1.82) is 0 Å². The number of rotatable bonds is 3. The fourth-order valence-corrected chi connectivity index (χ4v) is 4.20. The molecule has 0 aromatic heterocycles. The van der Waals surface area contributed by atoms with Crippen molar-refractivity contribution in [2.45, 2.75) is 44.8 Å². The van der Waals surface area contributed by atoms with Crippen LogP contribution in [0.1, 0.15) is 37.7 Å². The Morgan fingerprint density at radius 2 is 1.80 bits per heavy atom. The lowest BCUT2D eigenvalue weighted by Gasteiger charge is -2.35. The summed E-state index contributed by atoms with van der Waals surface area (Å²) in [5.41, 5.74) is 0.998. The van der Waals surface area contributed by atoms with Gasteiger partial charge in [-0.25, -0.2) is 4.79 Å². The van der Waals surface area contributed by atoms with Crippen LogP contribution in [0, 0.1) is 11.8 Å². The van der Waals surface area contributed by atoms with E-state index in [9.17, 15) is 9.59 Å². The van der Waals surface area contributed by atoms with E-state index in [1.165, 1.54) is 6.42 Å². The fraction of sp³-hybridized carbons (Fsp3) is 0.600. The first-order chi connectivity index (χ1) is 12.2. The van der Waals surface area contributed by atoms with E-state index in [1.807, 2.05) is 40.1 Å². The van der Waals surface area contributed by atoms with E-state index >= 15 is 0 Å². The van der Waals surface area contributed by atoms with Gasteiger partial charge in [-0.15, -0.1) is 0 Å². The highest BCUT2D eigenvalue weighted by Gasteiger charge is 2.41. The van der Waals surface area contributed by atoms with Gasteiger partial charge in [0, 0.05) is 25.6 Å². The van der Waals surface area contributed by atoms with Crippen molar-refractivity contribution in [1.82, 2.24) is 9.80 Å². The number of benzene rings is 1. The van der Waals surface area contributed by atoms with Crippen LogP contribution in [0.4, 0.5) is 4.79 Å². The van der Waals surface area contributed by atoms with Gasteiger partial charge in [0.05, 0.1) is 6.04 Å². The summed E-state index contributed by atoms with van der Waals surface area (Å²) in [5, 5.41) is 0. The van der Waals surface area contributed by atoms with Gasteiger partial charge in [-0.1, -0.05) is 36.8 Å². The van der Waals surface area contributed by atoms with Crippen molar-refractivity contribution < 1.29 is 14.3 Å². The normalized spacial score (nSPS) is 26.1. The maximum atomic E-state index is 12.6. The first-order valence-electron chi connectivity index (χ1n) is 9.47. The second-order valence-corrected chi connectivity index (χ2v) is 7.66. The van der Waals surface area contributed by atoms with Gasteiger partial charge in [0.25, 0.3) is 0 Å². The zero-order valence-corrected chi connectivity index (χ0v) is 14.6. The minimum absolute atomic E-state index is 0.103. The Labute approximate surface area is 148 Å². The molecule has 4 aliphatic rings. The summed E-state index contributed by atoms with van der Waals surface area (Å²) in [6.07, 6.45) is 5.08. The van der Waals surface area contributed by atoms with E-state index in [0.717, 1.165) is 37.8 Å². The summed E-state index contributed by atoms with van der Waals surface area (Å²) in [6, 6.07) is 9.86. The van der Waals surface area contributed by atoms with Crippen LogP contribution in [0.3, 0.4) is 0 Å². The SMILES string of the molecule is O=C(C1CCC1)N1C[C@@H]2CC[C@H](C1)N(C(=O)OCc1ccccc1)C2. The lowest BCUT2D eigenvalue weighted by molar-refractivity contribution is -0.138. The smallest absolute Gasteiger partial charge is 0.410 e. The van der Waals surface area contributed by atoms with E-state index < -0.39 is 0 Å². The molecule has 5 nitrogen and oxygen atoms in total. The number of hydrogen-bond acceptors (Lipinski definition) is 3. The van der Waals surface area contributed by atoms with Gasteiger partial charge >= 0.3 is 6.09 Å². The van der Waals surface area contributed by atoms with Crippen molar-refractivity contribution in [3.63, 3.8) is 0 Å². The fourth-order valence-electron chi connectivity index (χ4n) is 4.20. The quantitative estimate of drug-likeness (QED) is 0.848. The monoisotopic (exact) mass is 342 g/mol. The molecule has 25 heavy (non-hydrogen) atoms.